The van der Waals surface area contributed by atoms with Crippen LogP contribution in [-0.4, -0.2) is 88.0 Å². The van der Waals surface area contributed by atoms with E-state index in [1.807, 2.05) is 0 Å². The van der Waals surface area contributed by atoms with Crippen LogP contribution in [0, 0.1) is 0 Å². The number of nitrogens with two attached hydrogens (primary N) is 4. The third-order valence-electron chi connectivity index (χ3n) is 4.36. The van der Waals surface area contributed by atoms with Gasteiger partial charge in [-0.05, 0) is 6.42 Å². The van der Waals surface area contributed by atoms with Gasteiger partial charge < -0.3 is 52.8 Å². The molecule has 0 aromatic heterocycles. The molecular weight excluding hydrogens is 296 g/mol. The molecule has 0 aromatic carbocycles. The fourth-order valence-electron chi connectivity index (χ4n) is 2.89. The number of hydrogen-bond acceptors (Lipinski definition) is 10. The maximum atomic E-state index is 10.1. The minimum atomic E-state index is -1.31. The Hall–Kier alpha value is -0.400. The molecule has 0 bridgehead atoms. The average molecular weight is 322 g/mol. The quantitative estimate of drug-likeness (QED) is 0.248. The van der Waals surface area contributed by atoms with E-state index < -0.39 is 61.0 Å². The van der Waals surface area contributed by atoms with Gasteiger partial charge in [0.15, 0.2) is 6.29 Å². The summed E-state index contributed by atoms with van der Waals surface area (Å²) in [6.45, 7) is -0.0441. The van der Waals surface area contributed by atoms with E-state index in [9.17, 15) is 20.4 Å². The van der Waals surface area contributed by atoms with Gasteiger partial charge in [0.1, 0.15) is 30.5 Å². The number of hydrogen-bond donors (Lipinski definition) is 8. The summed E-state index contributed by atoms with van der Waals surface area (Å²) in [4.78, 5) is 0. The third-order valence-corrected chi connectivity index (χ3v) is 4.36. The van der Waals surface area contributed by atoms with E-state index in [0.717, 1.165) is 0 Å². The zero-order valence-electron chi connectivity index (χ0n) is 12.1. The maximum Gasteiger partial charge on any atom is 0.176 e. The molecule has 0 radical (unpaired) electrons. The minimum Gasteiger partial charge on any atom is -0.389 e. The molecule has 2 rings (SSSR count). The van der Waals surface area contributed by atoms with Crippen molar-refractivity contribution in [3.05, 3.63) is 0 Å². The van der Waals surface area contributed by atoms with E-state index in [1.54, 1.807) is 0 Å². The van der Waals surface area contributed by atoms with Gasteiger partial charge in [-0.15, -0.1) is 0 Å². The largest absolute Gasteiger partial charge is 0.389 e. The highest BCUT2D eigenvalue weighted by atomic mass is 16.7. The zero-order chi connectivity index (χ0) is 16.6. The Morgan fingerprint density at radius 2 is 1.55 bits per heavy atom. The number of aliphatic hydroxyl groups excluding tert-OH is 4. The van der Waals surface area contributed by atoms with E-state index in [4.69, 9.17) is 32.4 Å². The molecule has 0 amide bonds. The zero-order valence-corrected chi connectivity index (χ0v) is 12.1. The second-order valence-electron chi connectivity index (χ2n) is 5.98. The first-order chi connectivity index (χ1) is 10.3. The van der Waals surface area contributed by atoms with Crippen LogP contribution in [0.1, 0.15) is 6.42 Å². The molecule has 10 atom stereocenters. The van der Waals surface area contributed by atoms with Crippen LogP contribution in [0.3, 0.4) is 0 Å². The van der Waals surface area contributed by atoms with Crippen LogP contribution in [0.15, 0.2) is 0 Å². The molecular formula is C12H26N4O6. The molecule has 0 spiro atoms. The van der Waals surface area contributed by atoms with Gasteiger partial charge in [0, 0.05) is 18.6 Å². The van der Waals surface area contributed by atoms with Crippen molar-refractivity contribution in [2.75, 3.05) is 6.54 Å². The summed E-state index contributed by atoms with van der Waals surface area (Å²) in [6.07, 6.45) is -7.73. The van der Waals surface area contributed by atoms with Crippen LogP contribution in [0.4, 0.5) is 0 Å². The highest BCUT2D eigenvalue weighted by Gasteiger charge is 2.47. The predicted octanol–water partition coefficient (Wildman–Crippen LogP) is -5.12. The fraction of sp³-hybridized carbons (Fsp3) is 1.00. The highest BCUT2D eigenvalue weighted by molar-refractivity contribution is 4.99. The van der Waals surface area contributed by atoms with Crippen molar-refractivity contribution in [3.63, 3.8) is 0 Å². The van der Waals surface area contributed by atoms with E-state index >= 15 is 0 Å². The molecule has 130 valence electrons. The molecule has 2 aliphatic rings. The first-order valence-electron chi connectivity index (χ1n) is 7.28. The Labute approximate surface area is 128 Å². The molecule has 0 aromatic rings. The molecule has 12 N–H and O–H groups in total. The number of aliphatic hydroxyl groups is 4. The van der Waals surface area contributed by atoms with E-state index in [-0.39, 0.29) is 13.0 Å². The number of rotatable bonds is 3. The summed E-state index contributed by atoms with van der Waals surface area (Å²) in [7, 11) is 0. The summed E-state index contributed by atoms with van der Waals surface area (Å²) in [5, 5.41) is 39.6. The van der Waals surface area contributed by atoms with Crippen molar-refractivity contribution in [2.24, 2.45) is 22.9 Å². The molecule has 1 saturated carbocycles. The first-order valence-corrected chi connectivity index (χ1v) is 7.28. The van der Waals surface area contributed by atoms with E-state index in [0.29, 0.717) is 0 Å². The molecule has 0 unspecified atom stereocenters. The van der Waals surface area contributed by atoms with E-state index in [2.05, 4.69) is 0 Å². The van der Waals surface area contributed by atoms with Gasteiger partial charge in [-0.3, -0.25) is 0 Å². The lowest BCUT2D eigenvalue weighted by Crippen LogP contribution is -2.67. The second kappa shape index (κ2) is 7.01. The van der Waals surface area contributed by atoms with Crippen molar-refractivity contribution < 1.29 is 29.9 Å². The van der Waals surface area contributed by atoms with Gasteiger partial charge in [0.05, 0.1) is 12.1 Å². The van der Waals surface area contributed by atoms with Gasteiger partial charge in [-0.1, -0.05) is 0 Å². The molecule has 1 aliphatic heterocycles. The Bertz CT molecular complexity index is 376. The third kappa shape index (κ3) is 3.26. The fourth-order valence-corrected chi connectivity index (χ4v) is 2.89. The van der Waals surface area contributed by atoms with Gasteiger partial charge in [-0.2, -0.15) is 0 Å². The van der Waals surface area contributed by atoms with Crippen LogP contribution in [0.25, 0.3) is 0 Å². The molecule has 10 heteroatoms. The molecule has 22 heavy (non-hydrogen) atoms. The van der Waals surface area contributed by atoms with Crippen molar-refractivity contribution in [3.8, 4) is 0 Å². The smallest absolute Gasteiger partial charge is 0.176 e. The van der Waals surface area contributed by atoms with Crippen molar-refractivity contribution in [1.29, 1.82) is 0 Å². The summed E-state index contributed by atoms with van der Waals surface area (Å²) in [6, 6.07) is -2.34. The van der Waals surface area contributed by atoms with Gasteiger partial charge >= 0.3 is 0 Å². The van der Waals surface area contributed by atoms with Gasteiger partial charge in [-0.25, -0.2) is 0 Å². The first kappa shape index (κ1) is 17.9. The maximum absolute atomic E-state index is 10.1. The van der Waals surface area contributed by atoms with Crippen LogP contribution >= 0.6 is 0 Å². The molecule has 1 aliphatic carbocycles. The topological polar surface area (TPSA) is 203 Å². The lowest BCUT2D eigenvalue weighted by molar-refractivity contribution is -0.287. The van der Waals surface area contributed by atoms with Crippen LogP contribution in [-0.2, 0) is 9.47 Å². The van der Waals surface area contributed by atoms with Gasteiger partial charge in [0.2, 0.25) is 0 Å². The van der Waals surface area contributed by atoms with Crippen LogP contribution < -0.4 is 22.9 Å². The SMILES string of the molecule is NC[C@@H]1O[C@H](O[C@H]2[C@H](O)[C@H](O)[C@H](N)C[C@H]2N)[C@H](N)[C@@H](O)[C@@H]1O. The Morgan fingerprint density at radius 3 is 2.14 bits per heavy atom. The minimum absolute atomic E-state index is 0.0441. The van der Waals surface area contributed by atoms with E-state index in [1.165, 1.54) is 0 Å². The monoisotopic (exact) mass is 322 g/mol. The standard InChI is InChI=1S/C12H26N4O6/c13-2-5-8(18)9(19)6(16)12(21-5)22-11-4(15)1-3(14)7(17)10(11)20/h3-12,17-20H,1-2,13-16H2/t3-,4-,5+,6-,7-,8-,9-,10-,11-,12-/m1/s1. The predicted molar refractivity (Wildman–Crippen MR) is 75.2 cm³/mol. The Balaban J connectivity index is 2.08. The number of ether oxygens (including phenoxy) is 2. The van der Waals surface area contributed by atoms with Crippen molar-refractivity contribution in [1.82, 2.24) is 0 Å². The Morgan fingerprint density at radius 1 is 0.909 bits per heavy atom. The average Bonchev–Trinajstić information content (AvgIpc) is 2.49. The summed E-state index contributed by atoms with van der Waals surface area (Å²) < 4.78 is 11.0. The molecule has 10 nitrogen and oxygen atoms in total. The molecule has 1 heterocycles. The summed E-state index contributed by atoms with van der Waals surface area (Å²) >= 11 is 0. The van der Waals surface area contributed by atoms with Crippen molar-refractivity contribution >= 4 is 0 Å². The second-order valence-corrected chi connectivity index (χ2v) is 5.98. The summed E-state index contributed by atoms with van der Waals surface area (Å²) in [5.41, 5.74) is 22.8. The van der Waals surface area contributed by atoms with Crippen molar-refractivity contribution in [2.45, 2.75) is 67.5 Å². The molecule has 2 fully saturated rings. The molecule has 1 saturated heterocycles. The summed E-state index contributed by atoms with van der Waals surface area (Å²) in [5.74, 6) is 0. The highest BCUT2D eigenvalue weighted by Crippen LogP contribution is 2.26. The lowest BCUT2D eigenvalue weighted by atomic mass is 9.84. The van der Waals surface area contributed by atoms with Crippen LogP contribution in [0.5, 0.6) is 0 Å². The van der Waals surface area contributed by atoms with Gasteiger partial charge in [0.25, 0.3) is 0 Å². The Kier molecular flexibility index (Phi) is 5.72. The van der Waals surface area contributed by atoms with Crippen LogP contribution in [0.2, 0.25) is 0 Å². The lowest BCUT2D eigenvalue weighted by Gasteiger charge is -2.45. The normalized spacial score (nSPS) is 53.5.